The molecule has 34 heavy (non-hydrogen) atoms. The van der Waals surface area contributed by atoms with Crippen LogP contribution in [0.25, 0.3) is 0 Å². The van der Waals surface area contributed by atoms with E-state index in [2.05, 4.69) is 4.90 Å². The number of aliphatic hydroxyl groups is 1. The van der Waals surface area contributed by atoms with E-state index in [-0.39, 0.29) is 4.90 Å². The normalized spacial score (nSPS) is 17.4. The Morgan fingerprint density at radius 1 is 0.794 bits per heavy atom. The van der Waals surface area contributed by atoms with Crippen LogP contribution in [0.3, 0.4) is 0 Å². The van der Waals surface area contributed by atoms with Crippen LogP contribution < -0.4 is 9.21 Å². The van der Waals surface area contributed by atoms with E-state index in [0.29, 0.717) is 12.2 Å². The van der Waals surface area contributed by atoms with Gasteiger partial charge in [-0.15, -0.1) is 0 Å². The molecule has 0 amide bonds. The van der Waals surface area contributed by atoms with Gasteiger partial charge in [0.2, 0.25) is 0 Å². The van der Waals surface area contributed by atoms with Crippen molar-refractivity contribution in [2.45, 2.75) is 30.6 Å². The minimum Gasteiger partial charge on any atom is -0.370 e. The monoisotopic (exact) mass is 470 g/mol. The summed E-state index contributed by atoms with van der Waals surface area (Å²) >= 11 is 0. The molecule has 6 heteroatoms. The van der Waals surface area contributed by atoms with Gasteiger partial charge in [-0.2, -0.15) is 0 Å². The Bertz CT molecular complexity index is 1370. The maximum absolute atomic E-state index is 13.7. The second-order valence-electron chi connectivity index (χ2n) is 8.48. The average molecular weight is 471 g/mol. The second kappa shape index (κ2) is 8.97. The van der Waals surface area contributed by atoms with Crippen molar-refractivity contribution in [3.8, 4) is 0 Å². The highest BCUT2D eigenvalue weighted by Gasteiger charge is 2.46. The number of sulfonamides is 1. The molecule has 0 saturated heterocycles. The van der Waals surface area contributed by atoms with E-state index in [9.17, 15) is 13.5 Å². The Labute approximate surface area is 200 Å². The SMILES string of the molecule is Cc1ccc(S(=O)(=O)N2c3ccccc3C(N(Cc3ccccc3)c3ccccc3)C2O)cc1. The molecule has 1 heterocycles. The van der Waals surface area contributed by atoms with Crippen molar-refractivity contribution in [1.29, 1.82) is 0 Å². The predicted molar refractivity (Wildman–Crippen MR) is 135 cm³/mol. The van der Waals surface area contributed by atoms with Gasteiger partial charge in [0.1, 0.15) is 6.04 Å². The molecule has 0 fully saturated rings. The molecule has 5 rings (SSSR count). The molecule has 2 unspecified atom stereocenters. The van der Waals surface area contributed by atoms with Gasteiger partial charge in [-0.25, -0.2) is 12.7 Å². The van der Waals surface area contributed by atoms with Crippen LogP contribution in [-0.4, -0.2) is 19.8 Å². The zero-order valence-corrected chi connectivity index (χ0v) is 19.6. The van der Waals surface area contributed by atoms with E-state index >= 15 is 0 Å². The zero-order chi connectivity index (χ0) is 23.7. The molecule has 1 N–H and O–H groups in total. The fourth-order valence-corrected chi connectivity index (χ4v) is 6.08. The van der Waals surface area contributed by atoms with Crippen molar-refractivity contribution in [2.24, 2.45) is 0 Å². The summed E-state index contributed by atoms with van der Waals surface area (Å²) < 4.78 is 28.6. The van der Waals surface area contributed by atoms with Gasteiger partial charge in [0.15, 0.2) is 6.23 Å². The lowest BCUT2D eigenvalue weighted by Crippen LogP contribution is -2.44. The van der Waals surface area contributed by atoms with Crippen LogP contribution in [0.2, 0.25) is 0 Å². The maximum atomic E-state index is 13.7. The molecule has 172 valence electrons. The number of hydrogen-bond donors (Lipinski definition) is 1. The van der Waals surface area contributed by atoms with E-state index in [1.807, 2.05) is 79.7 Å². The Balaban J connectivity index is 1.63. The first-order valence-electron chi connectivity index (χ1n) is 11.2. The number of para-hydroxylation sites is 2. The lowest BCUT2D eigenvalue weighted by Gasteiger charge is -2.35. The summed E-state index contributed by atoms with van der Waals surface area (Å²) in [4.78, 5) is 2.23. The molecule has 4 aromatic carbocycles. The van der Waals surface area contributed by atoms with Gasteiger partial charge in [0.05, 0.1) is 10.6 Å². The van der Waals surface area contributed by atoms with E-state index in [4.69, 9.17) is 0 Å². The molecule has 0 saturated carbocycles. The van der Waals surface area contributed by atoms with Crippen LogP contribution in [0.1, 0.15) is 22.7 Å². The molecule has 1 aliphatic rings. The first kappa shape index (κ1) is 22.2. The minimum atomic E-state index is -3.98. The molecule has 1 aliphatic heterocycles. The third kappa shape index (κ3) is 3.95. The van der Waals surface area contributed by atoms with Crippen LogP contribution in [0.15, 0.2) is 114 Å². The lowest BCUT2D eigenvalue weighted by molar-refractivity contribution is 0.161. The minimum absolute atomic E-state index is 0.155. The average Bonchev–Trinajstić information content (AvgIpc) is 3.16. The van der Waals surface area contributed by atoms with Gasteiger partial charge >= 0.3 is 0 Å². The number of anilines is 2. The van der Waals surface area contributed by atoms with Gasteiger partial charge in [-0.3, -0.25) is 0 Å². The summed E-state index contributed by atoms with van der Waals surface area (Å²) in [5.41, 5.74) is 4.20. The first-order chi connectivity index (χ1) is 16.5. The van der Waals surface area contributed by atoms with Crippen LogP contribution in [0.4, 0.5) is 11.4 Å². The van der Waals surface area contributed by atoms with E-state index in [0.717, 1.165) is 22.4 Å². The quantitative estimate of drug-likeness (QED) is 0.417. The highest BCUT2D eigenvalue weighted by Crippen LogP contribution is 2.46. The summed E-state index contributed by atoms with van der Waals surface area (Å²) in [5.74, 6) is 0. The van der Waals surface area contributed by atoms with Gasteiger partial charge in [-0.05, 0) is 42.8 Å². The largest absolute Gasteiger partial charge is 0.370 e. The van der Waals surface area contributed by atoms with Crippen molar-refractivity contribution in [3.63, 3.8) is 0 Å². The number of fused-ring (bicyclic) bond motifs is 1. The molecule has 0 radical (unpaired) electrons. The highest BCUT2D eigenvalue weighted by atomic mass is 32.2. The highest BCUT2D eigenvalue weighted by molar-refractivity contribution is 7.92. The molecule has 5 nitrogen and oxygen atoms in total. The summed E-state index contributed by atoms with van der Waals surface area (Å²) in [6.45, 7) is 2.42. The summed E-state index contributed by atoms with van der Waals surface area (Å²) in [5, 5.41) is 11.6. The third-order valence-electron chi connectivity index (χ3n) is 6.21. The fraction of sp³-hybridized carbons (Fsp3) is 0.143. The standard InChI is InChI=1S/C28H26N2O3S/c1-21-16-18-24(19-17-21)34(32,33)30-26-15-9-8-14-25(26)27(28(30)31)29(23-12-6-3-7-13-23)20-22-10-4-2-5-11-22/h2-19,27-28,31H,20H2,1H3. The predicted octanol–water partition coefficient (Wildman–Crippen LogP) is 5.27. The van der Waals surface area contributed by atoms with Crippen molar-refractivity contribution in [1.82, 2.24) is 0 Å². The van der Waals surface area contributed by atoms with Crippen molar-refractivity contribution in [2.75, 3.05) is 9.21 Å². The van der Waals surface area contributed by atoms with Gasteiger partial charge < -0.3 is 10.0 Å². The van der Waals surface area contributed by atoms with Gasteiger partial charge in [0, 0.05) is 17.8 Å². The van der Waals surface area contributed by atoms with Crippen LogP contribution in [0.5, 0.6) is 0 Å². The van der Waals surface area contributed by atoms with Crippen LogP contribution >= 0.6 is 0 Å². The Morgan fingerprint density at radius 2 is 1.38 bits per heavy atom. The van der Waals surface area contributed by atoms with E-state index in [1.165, 1.54) is 4.31 Å². The number of hydrogen-bond acceptors (Lipinski definition) is 4. The molecular formula is C28H26N2O3S. The zero-order valence-electron chi connectivity index (χ0n) is 18.8. The van der Waals surface area contributed by atoms with Gasteiger partial charge in [-0.1, -0.05) is 84.4 Å². The number of benzene rings is 4. The smallest absolute Gasteiger partial charge is 0.266 e. The van der Waals surface area contributed by atoms with Crippen molar-refractivity contribution in [3.05, 3.63) is 126 Å². The number of aliphatic hydroxyl groups excluding tert-OH is 1. The second-order valence-corrected chi connectivity index (χ2v) is 10.3. The maximum Gasteiger partial charge on any atom is 0.266 e. The van der Waals surface area contributed by atoms with E-state index < -0.39 is 22.3 Å². The summed E-state index contributed by atoms with van der Waals surface area (Å²) in [6.07, 6.45) is -1.30. The van der Waals surface area contributed by atoms with Gasteiger partial charge in [0.25, 0.3) is 10.0 Å². The summed E-state index contributed by atoms with van der Waals surface area (Å²) in [6, 6.07) is 33.3. The number of nitrogens with zero attached hydrogens (tertiary/aromatic N) is 2. The topological polar surface area (TPSA) is 60.9 Å². The fourth-order valence-electron chi connectivity index (χ4n) is 4.54. The molecule has 2 atom stereocenters. The lowest BCUT2D eigenvalue weighted by atomic mass is 10.0. The van der Waals surface area contributed by atoms with Crippen molar-refractivity contribution >= 4 is 21.4 Å². The molecule has 0 aliphatic carbocycles. The van der Waals surface area contributed by atoms with Crippen LogP contribution in [0, 0.1) is 6.92 Å². The van der Waals surface area contributed by atoms with Crippen LogP contribution in [-0.2, 0) is 16.6 Å². The molecule has 0 bridgehead atoms. The molecule has 0 aromatic heterocycles. The molecular weight excluding hydrogens is 444 g/mol. The number of aryl methyl sites for hydroxylation is 1. The first-order valence-corrected chi connectivity index (χ1v) is 12.6. The Kier molecular flexibility index (Phi) is 5.86. The Hall–Kier alpha value is -3.61. The van der Waals surface area contributed by atoms with E-state index in [1.54, 1.807) is 36.4 Å². The molecule has 0 spiro atoms. The third-order valence-corrected chi connectivity index (χ3v) is 8.01. The summed E-state index contributed by atoms with van der Waals surface area (Å²) in [7, 11) is -3.98. The van der Waals surface area contributed by atoms with Crippen molar-refractivity contribution < 1.29 is 13.5 Å². The molecule has 4 aromatic rings. The Morgan fingerprint density at radius 3 is 2.06 bits per heavy atom. The number of rotatable bonds is 6.